The Hall–Kier alpha value is -2.04. The molecule has 0 radical (unpaired) electrons. The third kappa shape index (κ3) is 4.26. The first kappa shape index (κ1) is 16.0. The highest BCUT2D eigenvalue weighted by atomic mass is 16.4. The lowest BCUT2D eigenvalue weighted by Crippen LogP contribution is -2.34. The van der Waals surface area contributed by atoms with Crippen LogP contribution >= 0.6 is 0 Å². The fourth-order valence-corrected chi connectivity index (χ4v) is 2.12. The summed E-state index contributed by atoms with van der Waals surface area (Å²) in [7, 11) is 0. The van der Waals surface area contributed by atoms with Crippen molar-refractivity contribution in [3.63, 3.8) is 0 Å². The number of amides is 1. The Balaban J connectivity index is 2.88. The number of amidine groups is 1. The number of carbonyl (C=O) groups is 1. The molecule has 1 atom stereocenters. The highest BCUT2D eigenvalue weighted by Gasteiger charge is 2.22. The fraction of sp³-hybridized carbons (Fsp3) is 0.467. The van der Waals surface area contributed by atoms with E-state index in [1.807, 2.05) is 31.2 Å². The number of nitrogens with two attached hydrogens (primary N) is 1. The molecule has 1 aromatic rings. The average Bonchev–Trinajstić information content (AvgIpc) is 2.46. The van der Waals surface area contributed by atoms with Crippen LogP contribution in [0.2, 0.25) is 0 Å². The summed E-state index contributed by atoms with van der Waals surface area (Å²) in [6, 6.07) is 7.70. The van der Waals surface area contributed by atoms with Gasteiger partial charge in [-0.05, 0) is 24.5 Å². The third-order valence-electron chi connectivity index (χ3n) is 3.16. The monoisotopic (exact) mass is 277 g/mol. The normalized spacial score (nSPS) is 13.0. The molecule has 0 spiro atoms. The number of hydrogen-bond donors (Lipinski definition) is 3. The standard InChI is InChI=1S/C15H23N3O2/c1-3-7-11-9-5-6-10-13(11)17-15(19)12(8-4-2)14(16)18-20/h5-6,9-10,12,20H,3-4,7-8H2,1-2H3,(H2,16,18)(H,17,19). The number of benzene rings is 1. The molecule has 0 aliphatic rings. The van der Waals surface area contributed by atoms with E-state index in [1.54, 1.807) is 0 Å². The van der Waals surface area contributed by atoms with Gasteiger partial charge in [-0.2, -0.15) is 0 Å². The molecule has 0 saturated carbocycles. The second-order valence-electron chi connectivity index (χ2n) is 4.76. The predicted molar refractivity (Wildman–Crippen MR) is 80.9 cm³/mol. The maximum atomic E-state index is 12.3. The topological polar surface area (TPSA) is 87.7 Å². The molecule has 0 heterocycles. The SMILES string of the molecule is CCCc1ccccc1NC(=O)C(CCC)C(N)=NO. The smallest absolute Gasteiger partial charge is 0.235 e. The Morgan fingerprint density at radius 1 is 1.35 bits per heavy atom. The van der Waals surface area contributed by atoms with Crippen LogP contribution in [0.15, 0.2) is 29.4 Å². The molecule has 5 nitrogen and oxygen atoms in total. The summed E-state index contributed by atoms with van der Waals surface area (Å²) in [5, 5.41) is 14.6. The summed E-state index contributed by atoms with van der Waals surface area (Å²) in [4.78, 5) is 12.3. The van der Waals surface area contributed by atoms with Crippen molar-refractivity contribution in [2.24, 2.45) is 16.8 Å². The first-order valence-corrected chi connectivity index (χ1v) is 7.00. The van der Waals surface area contributed by atoms with Crippen LogP contribution in [-0.2, 0) is 11.2 Å². The molecule has 0 aromatic heterocycles. The van der Waals surface area contributed by atoms with E-state index in [0.717, 1.165) is 30.5 Å². The zero-order valence-electron chi connectivity index (χ0n) is 12.1. The van der Waals surface area contributed by atoms with E-state index in [4.69, 9.17) is 10.9 Å². The highest BCUT2D eigenvalue weighted by molar-refractivity contribution is 6.07. The molecule has 0 bridgehead atoms. The number of anilines is 1. The first-order valence-electron chi connectivity index (χ1n) is 7.00. The van der Waals surface area contributed by atoms with Gasteiger partial charge < -0.3 is 16.3 Å². The Bertz CT molecular complexity index is 472. The van der Waals surface area contributed by atoms with Crippen molar-refractivity contribution >= 4 is 17.4 Å². The second kappa shape index (κ2) is 8.19. The zero-order chi connectivity index (χ0) is 15.0. The predicted octanol–water partition coefficient (Wildman–Crippen LogP) is 2.74. The molecule has 5 heteroatoms. The number of nitrogens with zero attached hydrogens (tertiary/aromatic N) is 1. The van der Waals surface area contributed by atoms with Gasteiger partial charge >= 0.3 is 0 Å². The van der Waals surface area contributed by atoms with E-state index < -0.39 is 5.92 Å². The lowest BCUT2D eigenvalue weighted by molar-refractivity contribution is -0.118. The quantitative estimate of drug-likeness (QED) is 0.310. The minimum Gasteiger partial charge on any atom is -0.409 e. The Labute approximate surface area is 119 Å². The summed E-state index contributed by atoms with van der Waals surface area (Å²) in [6.07, 6.45) is 3.24. The number of oxime groups is 1. The van der Waals surface area contributed by atoms with Gasteiger partial charge in [-0.1, -0.05) is 50.0 Å². The maximum absolute atomic E-state index is 12.3. The summed E-state index contributed by atoms with van der Waals surface area (Å²) >= 11 is 0. The summed E-state index contributed by atoms with van der Waals surface area (Å²) in [5.41, 5.74) is 7.49. The van der Waals surface area contributed by atoms with E-state index in [1.165, 1.54) is 0 Å². The van der Waals surface area contributed by atoms with Crippen molar-refractivity contribution in [1.29, 1.82) is 0 Å². The molecule has 1 amide bonds. The number of carbonyl (C=O) groups excluding carboxylic acids is 1. The lowest BCUT2D eigenvalue weighted by atomic mass is 10.0. The van der Waals surface area contributed by atoms with Crippen LogP contribution in [0.25, 0.3) is 0 Å². The maximum Gasteiger partial charge on any atom is 0.235 e. The minimum atomic E-state index is -0.598. The van der Waals surface area contributed by atoms with E-state index >= 15 is 0 Å². The molecule has 0 saturated heterocycles. The van der Waals surface area contributed by atoms with Gasteiger partial charge in [0.1, 0.15) is 0 Å². The van der Waals surface area contributed by atoms with Crippen LogP contribution in [0.5, 0.6) is 0 Å². The molecule has 1 unspecified atom stereocenters. The Morgan fingerprint density at radius 2 is 2.05 bits per heavy atom. The van der Waals surface area contributed by atoms with Gasteiger partial charge in [0.05, 0.1) is 5.92 Å². The number of para-hydroxylation sites is 1. The van der Waals surface area contributed by atoms with E-state index in [-0.39, 0.29) is 11.7 Å². The largest absolute Gasteiger partial charge is 0.409 e. The van der Waals surface area contributed by atoms with Crippen LogP contribution in [-0.4, -0.2) is 17.0 Å². The third-order valence-corrected chi connectivity index (χ3v) is 3.16. The van der Waals surface area contributed by atoms with Crippen molar-refractivity contribution in [2.75, 3.05) is 5.32 Å². The van der Waals surface area contributed by atoms with Crippen LogP contribution in [0.4, 0.5) is 5.69 Å². The van der Waals surface area contributed by atoms with Gasteiger partial charge in [-0.3, -0.25) is 4.79 Å². The first-order chi connectivity index (χ1) is 9.63. The minimum absolute atomic E-state index is 0.0441. The van der Waals surface area contributed by atoms with Crippen molar-refractivity contribution < 1.29 is 10.0 Å². The van der Waals surface area contributed by atoms with E-state index in [2.05, 4.69) is 17.4 Å². The van der Waals surface area contributed by atoms with E-state index in [9.17, 15) is 4.79 Å². The molecule has 1 aromatic carbocycles. The van der Waals surface area contributed by atoms with Gasteiger partial charge in [-0.25, -0.2) is 0 Å². The van der Waals surface area contributed by atoms with Crippen molar-refractivity contribution in [3.05, 3.63) is 29.8 Å². The Morgan fingerprint density at radius 3 is 2.65 bits per heavy atom. The van der Waals surface area contributed by atoms with Crippen LogP contribution in [0.3, 0.4) is 0 Å². The molecule has 0 aliphatic carbocycles. The zero-order valence-corrected chi connectivity index (χ0v) is 12.1. The van der Waals surface area contributed by atoms with Crippen LogP contribution < -0.4 is 11.1 Å². The summed E-state index contributed by atoms with van der Waals surface area (Å²) in [6.45, 7) is 4.05. The van der Waals surface area contributed by atoms with Gasteiger partial charge in [0, 0.05) is 5.69 Å². The van der Waals surface area contributed by atoms with Gasteiger partial charge in [-0.15, -0.1) is 0 Å². The highest BCUT2D eigenvalue weighted by Crippen LogP contribution is 2.19. The summed E-state index contributed by atoms with van der Waals surface area (Å²) < 4.78 is 0. The van der Waals surface area contributed by atoms with Crippen molar-refractivity contribution in [1.82, 2.24) is 0 Å². The fourth-order valence-electron chi connectivity index (χ4n) is 2.12. The number of aryl methyl sites for hydroxylation is 1. The molecule has 110 valence electrons. The molecular formula is C15H23N3O2. The van der Waals surface area contributed by atoms with E-state index in [0.29, 0.717) is 6.42 Å². The van der Waals surface area contributed by atoms with Crippen LogP contribution in [0, 0.1) is 5.92 Å². The van der Waals surface area contributed by atoms with Gasteiger partial charge in [0.25, 0.3) is 0 Å². The Kier molecular flexibility index (Phi) is 6.56. The number of hydrogen-bond acceptors (Lipinski definition) is 3. The molecule has 1 rings (SSSR count). The van der Waals surface area contributed by atoms with Crippen molar-refractivity contribution in [2.45, 2.75) is 39.5 Å². The van der Waals surface area contributed by atoms with Gasteiger partial charge in [0.2, 0.25) is 5.91 Å². The number of nitrogens with one attached hydrogen (secondary N) is 1. The average molecular weight is 277 g/mol. The molecule has 4 N–H and O–H groups in total. The molecular weight excluding hydrogens is 254 g/mol. The second-order valence-corrected chi connectivity index (χ2v) is 4.76. The van der Waals surface area contributed by atoms with Crippen LogP contribution in [0.1, 0.15) is 38.7 Å². The number of rotatable bonds is 7. The van der Waals surface area contributed by atoms with Crippen molar-refractivity contribution in [3.8, 4) is 0 Å². The molecule has 0 fully saturated rings. The molecule has 0 aliphatic heterocycles. The van der Waals surface area contributed by atoms with Gasteiger partial charge in [0.15, 0.2) is 5.84 Å². The molecule has 20 heavy (non-hydrogen) atoms. The summed E-state index contributed by atoms with van der Waals surface area (Å²) in [5.74, 6) is -0.872. The lowest BCUT2D eigenvalue weighted by Gasteiger charge is -2.16.